The van der Waals surface area contributed by atoms with E-state index in [-0.39, 0.29) is 34.7 Å². The number of fused-ring (bicyclic) bond motifs is 5. The van der Waals surface area contributed by atoms with Gasteiger partial charge in [-0.25, -0.2) is 0 Å². The molecule has 0 aromatic carbocycles. The number of aliphatic hydroxyl groups excluding tert-OH is 6. The van der Waals surface area contributed by atoms with E-state index in [1.807, 2.05) is 19.9 Å². The standard InChI is InChI=1S/C36H62O9/c1-20(18-37)9-8-14-36(7,43)22-12-16-34(5)21(22)10-11-25-33(4)15-13-26(39)32(2,3)30(33)23(17-35(25,34)6)44-31-29(42)28(41)27(40)24(19-38)45-31/h9,21-31,37-43H,8,10-19H2,1-7H3/b20-9+/t21-,22+,23+,24-,25-,26+,27-,28+,29-,30+,31-,33-,34-,35-,36+/m1/s1. The zero-order valence-corrected chi connectivity index (χ0v) is 28.7. The molecular formula is C36H62O9. The second-order valence-electron chi connectivity index (χ2n) is 17.3. The molecule has 0 amide bonds. The highest BCUT2D eigenvalue weighted by atomic mass is 16.7. The van der Waals surface area contributed by atoms with Gasteiger partial charge in [0.25, 0.3) is 0 Å². The topological polar surface area (TPSA) is 160 Å². The molecule has 45 heavy (non-hydrogen) atoms. The minimum atomic E-state index is -1.52. The average molecular weight is 639 g/mol. The summed E-state index contributed by atoms with van der Waals surface area (Å²) in [5.74, 6) is 0.799. The predicted octanol–water partition coefficient (Wildman–Crippen LogP) is 3.30. The van der Waals surface area contributed by atoms with E-state index in [2.05, 4.69) is 34.6 Å². The van der Waals surface area contributed by atoms with Gasteiger partial charge in [0, 0.05) is 0 Å². The van der Waals surface area contributed by atoms with Gasteiger partial charge in [0.1, 0.15) is 24.4 Å². The van der Waals surface area contributed by atoms with E-state index in [1.54, 1.807) is 0 Å². The molecule has 0 spiro atoms. The van der Waals surface area contributed by atoms with Crippen LogP contribution in [0.4, 0.5) is 0 Å². The molecule has 9 heteroatoms. The van der Waals surface area contributed by atoms with Crippen LogP contribution >= 0.6 is 0 Å². The molecule has 1 aliphatic heterocycles. The molecule has 5 rings (SSSR count). The molecule has 5 fully saturated rings. The van der Waals surface area contributed by atoms with Crippen molar-refractivity contribution in [2.45, 2.75) is 155 Å². The van der Waals surface area contributed by atoms with Gasteiger partial charge in [-0.1, -0.05) is 46.3 Å². The van der Waals surface area contributed by atoms with E-state index in [4.69, 9.17) is 9.47 Å². The van der Waals surface area contributed by atoms with Crippen molar-refractivity contribution in [2.75, 3.05) is 13.2 Å². The Morgan fingerprint density at radius 2 is 1.60 bits per heavy atom. The lowest BCUT2D eigenvalue weighted by Crippen LogP contribution is -2.69. The largest absolute Gasteiger partial charge is 0.394 e. The van der Waals surface area contributed by atoms with Crippen molar-refractivity contribution in [3.05, 3.63) is 11.6 Å². The van der Waals surface area contributed by atoms with Crippen LogP contribution in [0.1, 0.15) is 106 Å². The van der Waals surface area contributed by atoms with Crippen LogP contribution < -0.4 is 0 Å². The molecular weight excluding hydrogens is 576 g/mol. The van der Waals surface area contributed by atoms with Gasteiger partial charge in [-0.2, -0.15) is 0 Å². The number of ether oxygens (including phenoxy) is 2. The highest BCUT2D eigenvalue weighted by Gasteiger charge is 2.72. The second-order valence-corrected chi connectivity index (χ2v) is 17.3. The summed E-state index contributed by atoms with van der Waals surface area (Å²) in [5, 5.41) is 74.5. The Labute approximate surface area is 270 Å². The fourth-order valence-electron chi connectivity index (χ4n) is 12.0. The van der Waals surface area contributed by atoms with Gasteiger partial charge in [0.15, 0.2) is 6.29 Å². The van der Waals surface area contributed by atoms with E-state index < -0.39 is 60.5 Å². The highest BCUT2D eigenvalue weighted by molar-refractivity contribution is 5.20. The van der Waals surface area contributed by atoms with Crippen LogP contribution in [-0.4, -0.2) is 97.5 Å². The summed E-state index contributed by atoms with van der Waals surface area (Å²) in [7, 11) is 0. The fourth-order valence-corrected chi connectivity index (χ4v) is 12.0. The van der Waals surface area contributed by atoms with Crippen LogP contribution in [0.5, 0.6) is 0 Å². The maximum absolute atomic E-state index is 11.9. The lowest BCUT2D eigenvalue weighted by Gasteiger charge is -2.71. The monoisotopic (exact) mass is 638 g/mol. The Bertz CT molecular complexity index is 1090. The van der Waals surface area contributed by atoms with Crippen molar-refractivity contribution in [2.24, 2.45) is 45.3 Å². The molecule has 9 nitrogen and oxygen atoms in total. The van der Waals surface area contributed by atoms with Crippen LogP contribution in [0.25, 0.3) is 0 Å². The average Bonchev–Trinajstić information content (AvgIpc) is 3.34. The summed E-state index contributed by atoms with van der Waals surface area (Å²) in [5.41, 5.74) is -0.806. The second kappa shape index (κ2) is 12.4. The molecule has 4 aliphatic carbocycles. The molecule has 0 aromatic heterocycles. The van der Waals surface area contributed by atoms with Crippen LogP contribution in [0.2, 0.25) is 0 Å². The van der Waals surface area contributed by atoms with Crippen LogP contribution in [0.3, 0.4) is 0 Å². The minimum absolute atomic E-state index is 0.0337. The van der Waals surface area contributed by atoms with Gasteiger partial charge in [-0.05, 0) is 117 Å². The number of rotatable bonds is 8. The Kier molecular flexibility index (Phi) is 9.80. The maximum atomic E-state index is 11.9. The number of hydrogen-bond donors (Lipinski definition) is 7. The Hall–Kier alpha value is -0.620. The third kappa shape index (κ3) is 5.58. The fraction of sp³-hybridized carbons (Fsp3) is 0.944. The molecule has 4 saturated carbocycles. The first-order valence-electron chi connectivity index (χ1n) is 17.5. The first kappa shape index (κ1) is 35.7. The van der Waals surface area contributed by atoms with Gasteiger partial charge in [0.2, 0.25) is 0 Å². The first-order chi connectivity index (χ1) is 20.9. The smallest absolute Gasteiger partial charge is 0.186 e. The summed E-state index contributed by atoms with van der Waals surface area (Å²) in [6.45, 7) is 14.9. The summed E-state index contributed by atoms with van der Waals surface area (Å²) in [6.07, 6.45) is 2.01. The number of allylic oxidation sites excluding steroid dienone is 1. The summed E-state index contributed by atoms with van der Waals surface area (Å²) >= 11 is 0. The van der Waals surface area contributed by atoms with E-state index in [9.17, 15) is 35.7 Å². The third-order valence-corrected chi connectivity index (χ3v) is 14.6. The zero-order valence-electron chi connectivity index (χ0n) is 28.7. The van der Waals surface area contributed by atoms with E-state index in [0.717, 1.165) is 44.1 Å². The molecule has 15 atom stereocenters. The number of aliphatic hydroxyl groups is 7. The van der Waals surface area contributed by atoms with E-state index in [0.29, 0.717) is 31.1 Å². The van der Waals surface area contributed by atoms with Crippen molar-refractivity contribution in [1.29, 1.82) is 0 Å². The molecule has 0 aromatic rings. The van der Waals surface area contributed by atoms with Crippen molar-refractivity contribution in [3.8, 4) is 0 Å². The van der Waals surface area contributed by atoms with Gasteiger partial charge >= 0.3 is 0 Å². The van der Waals surface area contributed by atoms with E-state index in [1.165, 1.54) is 0 Å². The Morgan fingerprint density at radius 1 is 0.911 bits per heavy atom. The zero-order chi connectivity index (χ0) is 33.3. The third-order valence-electron chi connectivity index (χ3n) is 14.6. The molecule has 5 aliphatic rings. The summed E-state index contributed by atoms with van der Waals surface area (Å²) < 4.78 is 12.7. The van der Waals surface area contributed by atoms with Crippen LogP contribution in [-0.2, 0) is 9.47 Å². The van der Waals surface area contributed by atoms with Crippen molar-refractivity contribution >= 4 is 0 Å². The van der Waals surface area contributed by atoms with E-state index >= 15 is 0 Å². The molecule has 0 bridgehead atoms. The minimum Gasteiger partial charge on any atom is -0.394 e. The van der Waals surface area contributed by atoms with Gasteiger partial charge in [0.05, 0.1) is 31.0 Å². The lowest BCUT2D eigenvalue weighted by molar-refractivity contribution is -0.344. The quantitative estimate of drug-likeness (QED) is 0.156. The molecule has 0 unspecified atom stereocenters. The first-order valence-corrected chi connectivity index (χ1v) is 17.5. The summed E-state index contributed by atoms with van der Waals surface area (Å²) in [4.78, 5) is 0. The van der Waals surface area contributed by atoms with Gasteiger partial charge in [-0.3, -0.25) is 0 Å². The molecule has 1 heterocycles. The Morgan fingerprint density at radius 3 is 2.24 bits per heavy atom. The molecule has 0 radical (unpaired) electrons. The van der Waals surface area contributed by atoms with Crippen LogP contribution in [0.15, 0.2) is 11.6 Å². The molecule has 7 N–H and O–H groups in total. The normalized spacial score (nSPS) is 51.2. The van der Waals surface area contributed by atoms with Gasteiger partial charge < -0.3 is 45.2 Å². The van der Waals surface area contributed by atoms with Crippen molar-refractivity contribution in [1.82, 2.24) is 0 Å². The molecule has 260 valence electrons. The van der Waals surface area contributed by atoms with Crippen molar-refractivity contribution < 1.29 is 45.2 Å². The van der Waals surface area contributed by atoms with Crippen molar-refractivity contribution in [3.63, 3.8) is 0 Å². The Balaban J connectivity index is 1.50. The SMILES string of the molecule is C/C(=C\CC[C@](C)(O)[C@H]1CC[C@]2(C)[C@@H]1CC[C@@H]1[C@@]3(C)CC[C@H](O)C(C)(C)[C@@H]3[C@@H](O[C@@H]3O[C@H](CO)[C@@H](O)[C@H](O)[C@H]3O)C[C@]12C)CO. The summed E-state index contributed by atoms with van der Waals surface area (Å²) in [6, 6.07) is 0. The number of hydrogen-bond acceptors (Lipinski definition) is 9. The maximum Gasteiger partial charge on any atom is 0.186 e. The van der Waals surface area contributed by atoms with Crippen LogP contribution in [0, 0.1) is 45.3 Å². The molecule has 1 saturated heterocycles. The van der Waals surface area contributed by atoms with Gasteiger partial charge in [-0.15, -0.1) is 0 Å². The highest BCUT2D eigenvalue weighted by Crippen LogP contribution is 2.76. The lowest BCUT2D eigenvalue weighted by atomic mass is 9.35. The predicted molar refractivity (Wildman–Crippen MR) is 170 cm³/mol.